The molecule has 0 spiro atoms. The largest absolute Gasteiger partial charge is 0.395 e. The summed E-state index contributed by atoms with van der Waals surface area (Å²) in [4.78, 5) is 0. The second-order valence-corrected chi connectivity index (χ2v) is 6.18. The van der Waals surface area contributed by atoms with E-state index in [4.69, 9.17) is 0 Å². The maximum absolute atomic E-state index is 9.36. The minimum atomic E-state index is 0.178. The van der Waals surface area contributed by atoms with Gasteiger partial charge in [0.15, 0.2) is 0 Å². The van der Waals surface area contributed by atoms with Gasteiger partial charge in [-0.2, -0.15) is 0 Å². The molecule has 0 saturated heterocycles. The van der Waals surface area contributed by atoms with Crippen molar-refractivity contribution in [1.82, 2.24) is 5.32 Å². The van der Waals surface area contributed by atoms with Gasteiger partial charge in [-0.15, -0.1) is 0 Å². The van der Waals surface area contributed by atoms with Crippen molar-refractivity contribution in [2.45, 2.75) is 52.6 Å². The molecule has 0 bridgehead atoms. The van der Waals surface area contributed by atoms with Gasteiger partial charge in [-0.05, 0) is 23.8 Å². The van der Waals surface area contributed by atoms with Crippen molar-refractivity contribution in [3.05, 3.63) is 35.9 Å². The monoisotopic (exact) mass is 249 g/mol. The lowest BCUT2D eigenvalue weighted by Crippen LogP contribution is -2.36. The maximum atomic E-state index is 9.36. The summed E-state index contributed by atoms with van der Waals surface area (Å²) in [6, 6.07) is 11.0. The van der Waals surface area contributed by atoms with E-state index in [2.05, 4.69) is 57.3 Å². The molecule has 1 unspecified atom stereocenters. The standard InChI is InChI=1S/C16H27NO/c1-5-14(12-18)17-15(11-16(2,3)4)13-9-7-6-8-10-13/h6-10,14-15,17-18H,5,11-12H2,1-4H3/t14-,15?/m0/s1. The first-order chi connectivity index (χ1) is 8.46. The highest BCUT2D eigenvalue weighted by atomic mass is 16.3. The van der Waals surface area contributed by atoms with Gasteiger partial charge in [-0.1, -0.05) is 58.0 Å². The molecule has 2 heteroatoms. The minimum Gasteiger partial charge on any atom is -0.395 e. The zero-order valence-electron chi connectivity index (χ0n) is 12.1. The highest BCUT2D eigenvalue weighted by molar-refractivity contribution is 5.19. The van der Waals surface area contributed by atoms with E-state index in [1.807, 2.05) is 6.07 Å². The van der Waals surface area contributed by atoms with Crippen LogP contribution >= 0.6 is 0 Å². The summed E-state index contributed by atoms with van der Waals surface area (Å²) < 4.78 is 0. The first-order valence-corrected chi connectivity index (χ1v) is 6.88. The third-order valence-electron chi connectivity index (χ3n) is 3.17. The zero-order valence-corrected chi connectivity index (χ0v) is 12.1. The van der Waals surface area contributed by atoms with Gasteiger partial charge >= 0.3 is 0 Å². The molecule has 1 aromatic carbocycles. The minimum absolute atomic E-state index is 0.178. The van der Waals surface area contributed by atoms with Crippen LogP contribution in [-0.2, 0) is 0 Å². The Bertz CT molecular complexity index is 325. The summed E-state index contributed by atoms with van der Waals surface area (Å²) in [5.41, 5.74) is 1.57. The van der Waals surface area contributed by atoms with Gasteiger partial charge in [0.1, 0.15) is 0 Å². The molecule has 0 aliphatic carbocycles. The van der Waals surface area contributed by atoms with Crippen LogP contribution in [0.25, 0.3) is 0 Å². The molecule has 1 aromatic rings. The average Bonchev–Trinajstić information content (AvgIpc) is 2.34. The highest BCUT2D eigenvalue weighted by Gasteiger charge is 2.21. The molecule has 0 aliphatic heterocycles. The Morgan fingerprint density at radius 2 is 1.78 bits per heavy atom. The molecule has 0 amide bonds. The van der Waals surface area contributed by atoms with Crippen LogP contribution in [0.2, 0.25) is 0 Å². The Labute approximate surface area is 111 Å². The van der Waals surface area contributed by atoms with Crippen LogP contribution < -0.4 is 5.32 Å². The molecule has 0 saturated carbocycles. The molecule has 0 aliphatic rings. The Balaban J connectivity index is 2.82. The number of aliphatic hydroxyl groups is 1. The molecule has 0 aromatic heterocycles. The lowest BCUT2D eigenvalue weighted by atomic mass is 9.85. The van der Waals surface area contributed by atoms with Gasteiger partial charge in [0.2, 0.25) is 0 Å². The molecular formula is C16H27NO. The van der Waals surface area contributed by atoms with Crippen molar-refractivity contribution in [2.24, 2.45) is 5.41 Å². The van der Waals surface area contributed by atoms with Crippen molar-refractivity contribution in [1.29, 1.82) is 0 Å². The van der Waals surface area contributed by atoms with Gasteiger partial charge in [-0.3, -0.25) is 0 Å². The van der Waals surface area contributed by atoms with Crippen LogP contribution in [0.5, 0.6) is 0 Å². The number of rotatable bonds is 6. The summed E-state index contributed by atoms with van der Waals surface area (Å²) in [6.45, 7) is 9.07. The van der Waals surface area contributed by atoms with Crippen LogP contribution in [0.15, 0.2) is 30.3 Å². The molecule has 102 valence electrons. The molecule has 2 N–H and O–H groups in total. The van der Waals surface area contributed by atoms with E-state index in [1.54, 1.807) is 0 Å². The first-order valence-electron chi connectivity index (χ1n) is 6.88. The summed E-state index contributed by atoms with van der Waals surface area (Å²) in [6.07, 6.45) is 2.01. The number of benzene rings is 1. The summed E-state index contributed by atoms with van der Waals surface area (Å²) >= 11 is 0. The predicted octanol–water partition coefficient (Wildman–Crippen LogP) is 3.52. The Hall–Kier alpha value is -0.860. The smallest absolute Gasteiger partial charge is 0.0584 e. The van der Waals surface area contributed by atoms with Crippen LogP contribution in [0.3, 0.4) is 0 Å². The van der Waals surface area contributed by atoms with Crippen LogP contribution in [0.4, 0.5) is 0 Å². The number of nitrogens with one attached hydrogen (secondary N) is 1. The van der Waals surface area contributed by atoms with Crippen molar-refractivity contribution in [3.8, 4) is 0 Å². The van der Waals surface area contributed by atoms with Gasteiger partial charge in [0.25, 0.3) is 0 Å². The maximum Gasteiger partial charge on any atom is 0.0584 e. The van der Waals surface area contributed by atoms with E-state index in [0.29, 0.717) is 6.04 Å². The SMILES string of the molecule is CC[C@@H](CO)NC(CC(C)(C)C)c1ccccc1. The van der Waals surface area contributed by atoms with Crippen LogP contribution in [0, 0.1) is 5.41 Å². The van der Waals surface area contributed by atoms with E-state index in [1.165, 1.54) is 5.56 Å². The summed E-state index contributed by atoms with van der Waals surface area (Å²) in [5, 5.41) is 12.9. The molecule has 2 atom stereocenters. The zero-order chi connectivity index (χ0) is 13.6. The summed E-state index contributed by atoms with van der Waals surface area (Å²) in [5.74, 6) is 0. The quantitative estimate of drug-likeness (QED) is 0.808. The van der Waals surface area contributed by atoms with Gasteiger partial charge in [0, 0.05) is 12.1 Å². The predicted molar refractivity (Wildman–Crippen MR) is 77.6 cm³/mol. The van der Waals surface area contributed by atoms with Crippen molar-refractivity contribution in [3.63, 3.8) is 0 Å². The molecule has 2 nitrogen and oxygen atoms in total. The third kappa shape index (κ3) is 5.19. The Kier molecular flexibility index (Phi) is 5.83. The molecule has 0 radical (unpaired) electrons. The first kappa shape index (κ1) is 15.2. The Morgan fingerprint density at radius 1 is 1.17 bits per heavy atom. The molecule has 1 rings (SSSR count). The number of aliphatic hydroxyl groups excluding tert-OH is 1. The van der Waals surface area contributed by atoms with Crippen molar-refractivity contribution < 1.29 is 5.11 Å². The fraction of sp³-hybridized carbons (Fsp3) is 0.625. The fourth-order valence-corrected chi connectivity index (χ4v) is 2.15. The van der Waals surface area contributed by atoms with E-state index in [-0.39, 0.29) is 18.1 Å². The second kappa shape index (κ2) is 6.91. The topological polar surface area (TPSA) is 32.3 Å². The lowest BCUT2D eigenvalue weighted by Gasteiger charge is -2.30. The van der Waals surface area contributed by atoms with E-state index < -0.39 is 0 Å². The molecule has 18 heavy (non-hydrogen) atoms. The fourth-order valence-electron chi connectivity index (χ4n) is 2.15. The van der Waals surface area contributed by atoms with E-state index in [0.717, 1.165) is 12.8 Å². The van der Waals surface area contributed by atoms with Crippen molar-refractivity contribution >= 4 is 0 Å². The second-order valence-electron chi connectivity index (χ2n) is 6.18. The van der Waals surface area contributed by atoms with Gasteiger partial charge in [0.05, 0.1) is 6.61 Å². The van der Waals surface area contributed by atoms with E-state index >= 15 is 0 Å². The van der Waals surface area contributed by atoms with Gasteiger partial charge in [-0.25, -0.2) is 0 Å². The number of hydrogen-bond donors (Lipinski definition) is 2. The normalized spacial score (nSPS) is 15.4. The molecule has 0 heterocycles. The van der Waals surface area contributed by atoms with Crippen LogP contribution in [0.1, 0.15) is 52.1 Å². The van der Waals surface area contributed by atoms with Crippen LogP contribution in [-0.4, -0.2) is 17.8 Å². The lowest BCUT2D eigenvalue weighted by molar-refractivity contribution is 0.210. The number of hydrogen-bond acceptors (Lipinski definition) is 2. The molecular weight excluding hydrogens is 222 g/mol. The van der Waals surface area contributed by atoms with E-state index in [9.17, 15) is 5.11 Å². The third-order valence-corrected chi connectivity index (χ3v) is 3.17. The van der Waals surface area contributed by atoms with Gasteiger partial charge < -0.3 is 10.4 Å². The average molecular weight is 249 g/mol. The molecule has 0 fully saturated rings. The summed E-state index contributed by atoms with van der Waals surface area (Å²) in [7, 11) is 0. The highest BCUT2D eigenvalue weighted by Crippen LogP contribution is 2.29. The Morgan fingerprint density at radius 3 is 2.22 bits per heavy atom. The van der Waals surface area contributed by atoms with Crippen molar-refractivity contribution in [2.75, 3.05) is 6.61 Å².